The van der Waals surface area contributed by atoms with Crippen LogP contribution in [0.4, 0.5) is 16.2 Å². The lowest BCUT2D eigenvalue weighted by atomic mass is 9.96. The number of fused-ring (bicyclic) bond motifs is 1. The number of hydrogen-bond donors (Lipinski definition) is 5. The fourth-order valence-electron chi connectivity index (χ4n) is 4.04. The number of hydrazine groups is 1. The zero-order chi connectivity index (χ0) is 27.9. The first-order valence-corrected chi connectivity index (χ1v) is 12.0. The zero-order valence-electron chi connectivity index (χ0n) is 20.4. The number of amides is 3. The number of carbonyl (C=O) groups excluding carboxylic acids is 3. The van der Waals surface area contributed by atoms with Gasteiger partial charge in [0.15, 0.2) is 0 Å². The summed E-state index contributed by atoms with van der Waals surface area (Å²) in [7, 11) is 0. The Morgan fingerprint density at radius 3 is 2.37 bits per heavy atom. The molecule has 2 aromatic carbocycles. The summed E-state index contributed by atoms with van der Waals surface area (Å²) in [5.41, 5.74) is 7.43. The summed E-state index contributed by atoms with van der Waals surface area (Å²) >= 11 is 12.6. The van der Waals surface area contributed by atoms with Crippen molar-refractivity contribution >= 4 is 74.9 Å². The van der Waals surface area contributed by atoms with Crippen molar-refractivity contribution in [1.82, 2.24) is 10.4 Å². The largest absolute Gasteiger partial charge is 0.477 e. The number of H-pyrrole nitrogens is 1. The van der Waals surface area contributed by atoms with E-state index in [-0.39, 0.29) is 49.9 Å². The molecular formula is C25H23Cl2N5O6. The Hall–Kier alpha value is -4.06. The fourth-order valence-corrected chi connectivity index (χ4v) is 4.63. The molecule has 1 fully saturated rings. The highest BCUT2D eigenvalue weighted by atomic mass is 35.5. The highest BCUT2D eigenvalue weighted by molar-refractivity contribution is 6.41. The molecule has 0 bridgehead atoms. The van der Waals surface area contributed by atoms with Gasteiger partial charge < -0.3 is 25.9 Å². The van der Waals surface area contributed by atoms with E-state index in [0.717, 1.165) is 0 Å². The first kappa shape index (κ1) is 27.0. The van der Waals surface area contributed by atoms with Crippen LogP contribution in [0.1, 0.15) is 36.8 Å². The average Bonchev–Trinajstić information content (AvgIpc) is 3.35. The van der Waals surface area contributed by atoms with Gasteiger partial charge in [-0.1, -0.05) is 23.2 Å². The molecule has 0 atom stereocenters. The molecule has 0 aliphatic carbocycles. The maximum absolute atomic E-state index is 13.6. The molecule has 198 valence electrons. The monoisotopic (exact) mass is 559 g/mol. The minimum atomic E-state index is -1.38. The Morgan fingerprint density at radius 1 is 1.13 bits per heavy atom. The van der Waals surface area contributed by atoms with E-state index in [2.05, 4.69) is 15.7 Å². The molecular weight excluding hydrogens is 537 g/mol. The second kappa shape index (κ2) is 10.0. The number of nitrogens with one attached hydrogen (secondary N) is 3. The summed E-state index contributed by atoms with van der Waals surface area (Å²) in [6.07, 6.45) is 0. The van der Waals surface area contributed by atoms with Gasteiger partial charge in [-0.15, -0.1) is 0 Å². The molecule has 0 radical (unpaired) electrons. The molecule has 0 spiro atoms. The molecule has 2 heterocycles. The molecule has 13 heteroatoms. The molecule has 38 heavy (non-hydrogen) atoms. The number of rotatable bonds is 5. The molecule has 3 aromatic rings. The van der Waals surface area contributed by atoms with E-state index in [0.29, 0.717) is 11.4 Å². The van der Waals surface area contributed by atoms with Crippen molar-refractivity contribution < 1.29 is 29.0 Å². The molecule has 6 N–H and O–H groups in total. The number of carbonyl (C=O) groups is 4. The van der Waals surface area contributed by atoms with Crippen molar-refractivity contribution in [3.05, 3.63) is 63.3 Å². The second-order valence-electron chi connectivity index (χ2n) is 9.36. The molecule has 3 amide bonds. The van der Waals surface area contributed by atoms with Crippen molar-refractivity contribution in [2.24, 2.45) is 5.73 Å². The lowest BCUT2D eigenvalue weighted by Crippen LogP contribution is -2.34. The Kier molecular flexibility index (Phi) is 7.11. The van der Waals surface area contributed by atoms with Crippen LogP contribution in [0.5, 0.6) is 0 Å². The van der Waals surface area contributed by atoms with Crippen LogP contribution in [0.3, 0.4) is 0 Å². The number of nitrogens with zero attached hydrogens (tertiary/aromatic N) is 1. The van der Waals surface area contributed by atoms with Gasteiger partial charge in [-0.3, -0.25) is 4.79 Å². The number of aromatic nitrogens is 1. The zero-order valence-corrected chi connectivity index (χ0v) is 22.0. The minimum absolute atomic E-state index is 0.0343. The number of aromatic amines is 1. The lowest BCUT2D eigenvalue weighted by Gasteiger charge is -2.22. The first-order valence-electron chi connectivity index (χ1n) is 11.2. The number of aromatic carboxylic acids is 1. The van der Waals surface area contributed by atoms with Crippen LogP contribution in [0, 0.1) is 0 Å². The Bertz CT molecular complexity index is 1520. The van der Waals surface area contributed by atoms with E-state index in [1.54, 1.807) is 32.9 Å². The van der Waals surface area contributed by atoms with Gasteiger partial charge in [0.25, 0.3) is 5.91 Å². The minimum Gasteiger partial charge on any atom is -0.477 e. The van der Waals surface area contributed by atoms with Gasteiger partial charge in [-0.05, 0) is 57.2 Å². The van der Waals surface area contributed by atoms with Gasteiger partial charge in [-0.2, -0.15) is 0 Å². The summed E-state index contributed by atoms with van der Waals surface area (Å²) in [5.74, 6) is -2.89. The topological polar surface area (TPSA) is 167 Å². The summed E-state index contributed by atoms with van der Waals surface area (Å²) in [6.45, 7) is 4.83. The highest BCUT2D eigenvalue weighted by Crippen LogP contribution is 2.39. The normalized spacial score (nSPS) is 15.1. The van der Waals surface area contributed by atoms with Gasteiger partial charge >= 0.3 is 18.0 Å². The molecule has 1 aliphatic heterocycles. The number of nitrogens with two attached hydrogens (primary N) is 1. The molecule has 0 saturated carbocycles. The Labute approximate surface area is 226 Å². The van der Waals surface area contributed by atoms with Gasteiger partial charge in [0.1, 0.15) is 11.3 Å². The number of esters is 1. The number of primary amides is 1. The highest BCUT2D eigenvalue weighted by Gasteiger charge is 2.38. The lowest BCUT2D eigenvalue weighted by molar-refractivity contribution is -0.147. The third-order valence-electron chi connectivity index (χ3n) is 5.45. The smallest absolute Gasteiger partial charge is 0.352 e. The number of halogens is 2. The average molecular weight is 560 g/mol. The number of carboxylic acids is 1. The number of ether oxygens (including phenoxy) is 1. The molecule has 1 aromatic heterocycles. The quantitative estimate of drug-likeness (QED) is 0.229. The second-order valence-corrected chi connectivity index (χ2v) is 10.2. The van der Waals surface area contributed by atoms with Crippen LogP contribution < -0.4 is 21.5 Å². The first-order chi connectivity index (χ1) is 17.8. The van der Waals surface area contributed by atoms with Crippen LogP contribution in [-0.2, 0) is 14.3 Å². The van der Waals surface area contributed by atoms with E-state index >= 15 is 0 Å². The molecule has 4 rings (SSSR count). The predicted octanol–water partition coefficient (Wildman–Crippen LogP) is 4.31. The Balaban J connectivity index is 1.91. The van der Waals surface area contributed by atoms with E-state index in [4.69, 9.17) is 33.7 Å². The number of anilines is 2. The standard InChI is InChI=1S/C25H23Cl2N5O6/c1-25(2,3)38-23(36)17(19-18-15(27)8-11(26)9-16(18)31-20(19)22(34)35)14-10-29-32(21(14)33)13-6-4-12(5-7-13)30-24(28)37/h4-9,29,31H,10H2,1-3H3,(H,34,35)(H3,28,30,37). The third-order valence-corrected chi connectivity index (χ3v) is 5.97. The van der Waals surface area contributed by atoms with Crippen molar-refractivity contribution in [3.8, 4) is 0 Å². The van der Waals surface area contributed by atoms with E-state index in [1.165, 1.54) is 29.3 Å². The molecule has 1 aliphatic rings. The summed E-state index contributed by atoms with van der Waals surface area (Å²) in [6, 6.07) is 8.33. The molecule has 0 unspecified atom stereocenters. The number of carboxylic acid groups (broad SMARTS) is 1. The van der Waals surface area contributed by atoms with Crippen LogP contribution in [0.25, 0.3) is 16.5 Å². The van der Waals surface area contributed by atoms with Gasteiger partial charge in [0, 0.05) is 39.3 Å². The van der Waals surface area contributed by atoms with E-state index < -0.39 is 29.5 Å². The van der Waals surface area contributed by atoms with E-state index in [9.17, 15) is 24.3 Å². The van der Waals surface area contributed by atoms with Crippen molar-refractivity contribution in [2.75, 3.05) is 16.9 Å². The van der Waals surface area contributed by atoms with Gasteiger partial charge in [-0.25, -0.2) is 24.8 Å². The van der Waals surface area contributed by atoms with Crippen LogP contribution >= 0.6 is 23.2 Å². The predicted molar refractivity (Wildman–Crippen MR) is 143 cm³/mol. The summed E-state index contributed by atoms with van der Waals surface area (Å²) < 4.78 is 5.60. The summed E-state index contributed by atoms with van der Waals surface area (Å²) in [5, 5.41) is 14.1. The van der Waals surface area contributed by atoms with Gasteiger partial charge in [0.2, 0.25) is 0 Å². The molecule has 1 saturated heterocycles. The maximum atomic E-state index is 13.6. The third kappa shape index (κ3) is 5.30. The number of benzene rings is 2. The van der Waals surface area contributed by atoms with Gasteiger partial charge in [0.05, 0.1) is 16.3 Å². The fraction of sp³-hybridized carbons (Fsp3) is 0.200. The van der Waals surface area contributed by atoms with Crippen LogP contribution in [0.2, 0.25) is 10.0 Å². The SMILES string of the molecule is CC(C)(C)OC(=O)C(=C1CNN(c2ccc(NC(N)=O)cc2)C1=O)c1c(C(=O)O)[nH]c2cc(Cl)cc(Cl)c12. The van der Waals surface area contributed by atoms with E-state index in [1.807, 2.05) is 0 Å². The van der Waals surface area contributed by atoms with Crippen molar-refractivity contribution in [1.29, 1.82) is 0 Å². The van der Waals surface area contributed by atoms with Crippen LogP contribution in [-0.4, -0.2) is 46.1 Å². The number of urea groups is 1. The number of hydrogen-bond acceptors (Lipinski definition) is 6. The molecule has 11 nitrogen and oxygen atoms in total. The van der Waals surface area contributed by atoms with Crippen molar-refractivity contribution in [2.45, 2.75) is 26.4 Å². The van der Waals surface area contributed by atoms with Crippen molar-refractivity contribution in [3.63, 3.8) is 0 Å². The maximum Gasteiger partial charge on any atom is 0.352 e. The Morgan fingerprint density at radius 2 is 1.79 bits per heavy atom. The van der Waals surface area contributed by atoms with Crippen LogP contribution in [0.15, 0.2) is 42.0 Å². The summed E-state index contributed by atoms with van der Waals surface area (Å²) in [4.78, 5) is 53.3.